The molecule has 0 amide bonds. The molecule has 2 aromatic rings. The van der Waals surface area contributed by atoms with Gasteiger partial charge in [-0.3, -0.25) is 0 Å². The Balaban J connectivity index is 2.15. The number of benzene rings is 1. The van der Waals surface area contributed by atoms with Crippen molar-refractivity contribution in [1.82, 2.24) is 4.98 Å². The minimum absolute atomic E-state index is 0.516. The molecule has 0 spiro atoms. The van der Waals surface area contributed by atoms with Crippen molar-refractivity contribution in [3.63, 3.8) is 0 Å². The number of aromatic nitrogens is 1. The van der Waals surface area contributed by atoms with Gasteiger partial charge in [-0.1, -0.05) is 0 Å². The predicted octanol–water partition coefficient (Wildman–Crippen LogP) is 3.87. The Morgan fingerprint density at radius 2 is 1.71 bits per heavy atom. The summed E-state index contributed by atoms with van der Waals surface area (Å²) in [5.74, 6) is 1.71. The van der Waals surface area contributed by atoms with E-state index in [1.165, 1.54) is 0 Å². The van der Waals surface area contributed by atoms with Gasteiger partial charge in [-0.25, -0.2) is 0 Å². The van der Waals surface area contributed by atoms with E-state index in [1.807, 2.05) is 30.3 Å². The van der Waals surface area contributed by atoms with Crippen LogP contribution < -0.4 is 13.2 Å². The number of ether oxygens (including phenoxy) is 2. The molecule has 0 fully saturated rings. The molecule has 0 radical (unpaired) electrons. The molecule has 2 rings (SSSR count). The molecule has 21 heavy (non-hydrogen) atoms. The van der Waals surface area contributed by atoms with Crippen molar-refractivity contribution in [3.8, 4) is 11.5 Å². The van der Waals surface area contributed by atoms with Gasteiger partial charge in [0.1, 0.15) is 0 Å². The summed E-state index contributed by atoms with van der Waals surface area (Å²) in [6.07, 6.45) is 0. The van der Waals surface area contributed by atoms with Crippen LogP contribution in [0.4, 0.5) is 0 Å². The molecule has 0 atom stereocenters. The Morgan fingerprint density at radius 3 is 2.29 bits per heavy atom. The summed E-state index contributed by atoms with van der Waals surface area (Å²) in [5, 5.41) is 0.536. The van der Waals surface area contributed by atoms with Crippen LogP contribution >= 0.6 is 11.6 Å². The number of nitrogens with zero attached hydrogens (tertiary/aromatic N) is 1. The van der Waals surface area contributed by atoms with E-state index < -0.39 is 18.4 Å². The second-order valence-corrected chi connectivity index (χ2v) is 20.4. The van der Waals surface area contributed by atoms with E-state index in [4.69, 9.17) is 21.1 Å². The third-order valence-corrected chi connectivity index (χ3v) is 8.38. The molecule has 0 bridgehead atoms. The molecule has 3 nitrogen and oxygen atoms in total. The van der Waals surface area contributed by atoms with E-state index in [9.17, 15) is 0 Å². The molecule has 0 unspecified atom stereocenters. The Bertz CT molecular complexity index is 609. The molecular formula is C16H20ClNO2Sn. The van der Waals surface area contributed by atoms with Crippen molar-refractivity contribution in [1.29, 1.82) is 0 Å². The Labute approximate surface area is 135 Å². The fourth-order valence-electron chi connectivity index (χ4n) is 1.96. The molecule has 0 saturated carbocycles. The monoisotopic (exact) mass is 413 g/mol. The van der Waals surface area contributed by atoms with Crippen LogP contribution in [0.1, 0.15) is 5.56 Å². The number of pyridine rings is 1. The molecule has 5 heteroatoms. The molecule has 1 heterocycles. The summed E-state index contributed by atoms with van der Waals surface area (Å²) < 4.78 is 12.2. The van der Waals surface area contributed by atoms with Crippen LogP contribution in [-0.2, 0) is 6.61 Å². The topological polar surface area (TPSA) is 31.4 Å². The summed E-state index contributed by atoms with van der Waals surface area (Å²) in [7, 11) is 1.66. The van der Waals surface area contributed by atoms with Crippen LogP contribution in [0, 0.1) is 0 Å². The van der Waals surface area contributed by atoms with Crippen LogP contribution in [-0.4, -0.2) is 30.5 Å². The molecular weight excluding hydrogens is 392 g/mol. The van der Waals surface area contributed by atoms with Gasteiger partial charge < -0.3 is 0 Å². The molecule has 0 aliphatic heterocycles. The fraction of sp³-hybridized carbons (Fsp3) is 0.312. The average Bonchev–Trinajstić information content (AvgIpc) is 2.45. The Kier molecular flexibility index (Phi) is 5.38. The van der Waals surface area contributed by atoms with Crippen molar-refractivity contribution in [3.05, 3.63) is 47.1 Å². The van der Waals surface area contributed by atoms with Crippen LogP contribution in [0.25, 0.3) is 0 Å². The molecule has 0 aliphatic carbocycles. The van der Waals surface area contributed by atoms with E-state index in [-0.39, 0.29) is 0 Å². The molecule has 0 aliphatic rings. The van der Waals surface area contributed by atoms with Crippen LogP contribution in [0.15, 0.2) is 36.4 Å². The van der Waals surface area contributed by atoms with Crippen molar-refractivity contribution < 1.29 is 9.47 Å². The van der Waals surface area contributed by atoms with Gasteiger partial charge in [-0.05, 0) is 0 Å². The first-order valence-corrected chi connectivity index (χ1v) is 17.2. The summed E-state index contributed by atoms with van der Waals surface area (Å²) >= 11 is 3.67. The number of hydrogen-bond acceptors (Lipinski definition) is 3. The molecule has 112 valence electrons. The standard InChI is InChI=1S/C13H11ClNO2.3CH3.Sn/c1-16-11-4-2-10(3-5-11)9-17-12-6-7-13(14)15-8-12;;;;/h2-7H,9H2,1H3;3*1H3;. The first kappa shape index (κ1) is 16.4. The average molecular weight is 413 g/mol. The van der Waals surface area contributed by atoms with Crippen LogP contribution in [0.2, 0.25) is 20.0 Å². The molecule has 1 aromatic heterocycles. The third kappa shape index (κ3) is 4.51. The zero-order chi connectivity index (χ0) is 15.5. The van der Waals surface area contributed by atoms with Crippen molar-refractivity contribution in [2.45, 2.75) is 21.4 Å². The van der Waals surface area contributed by atoms with E-state index >= 15 is 0 Å². The maximum atomic E-state index is 6.03. The maximum absolute atomic E-state index is 6.03. The summed E-state index contributed by atoms with van der Waals surface area (Å²) in [5.41, 5.74) is 1.10. The normalized spacial score (nSPS) is 11.3. The number of rotatable bonds is 5. The van der Waals surface area contributed by atoms with E-state index in [0.29, 0.717) is 11.8 Å². The second-order valence-electron chi connectivity index (χ2n) is 5.87. The number of hydrogen-bond donors (Lipinski definition) is 0. The van der Waals surface area contributed by atoms with E-state index in [0.717, 1.165) is 20.8 Å². The Hall–Kier alpha value is -0.941. The van der Waals surface area contributed by atoms with Crippen LogP contribution in [0.5, 0.6) is 11.5 Å². The fourth-order valence-corrected chi connectivity index (χ4v) is 6.16. The van der Waals surface area contributed by atoms with Gasteiger partial charge >= 0.3 is 135 Å². The molecule has 1 aromatic carbocycles. The van der Waals surface area contributed by atoms with Gasteiger partial charge in [0, 0.05) is 0 Å². The van der Waals surface area contributed by atoms with Crippen LogP contribution in [0.3, 0.4) is 0 Å². The molecule has 0 N–H and O–H groups in total. The van der Waals surface area contributed by atoms with Gasteiger partial charge in [0.25, 0.3) is 0 Å². The minimum atomic E-state index is -2.36. The summed E-state index contributed by atoms with van der Waals surface area (Å²) in [6, 6.07) is 11.6. The van der Waals surface area contributed by atoms with Crippen molar-refractivity contribution in [2.75, 3.05) is 7.11 Å². The van der Waals surface area contributed by atoms with E-state index in [1.54, 1.807) is 13.2 Å². The number of halogens is 1. The van der Waals surface area contributed by atoms with Gasteiger partial charge in [0.15, 0.2) is 0 Å². The summed E-state index contributed by atoms with van der Waals surface area (Å²) in [4.78, 5) is 11.4. The van der Waals surface area contributed by atoms with Crippen molar-refractivity contribution >= 4 is 33.7 Å². The van der Waals surface area contributed by atoms with Gasteiger partial charge in [0.2, 0.25) is 0 Å². The van der Waals surface area contributed by atoms with Gasteiger partial charge in [0.05, 0.1) is 0 Å². The first-order chi connectivity index (χ1) is 9.90. The van der Waals surface area contributed by atoms with E-state index in [2.05, 4.69) is 19.8 Å². The third-order valence-electron chi connectivity index (χ3n) is 3.09. The zero-order valence-electron chi connectivity index (χ0n) is 12.8. The Morgan fingerprint density at radius 1 is 1.05 bits per heavy atom. The first-order valence-electron chi connectivity index (χ1n) is 6.83. The zero-order valence-corrected chi connectivity index (χ0v) is 16.4. The molecule has 0 saturated heterocycles. The SMILES string of the molecule is COc1ccc(COc2ccc(Cl)n[c]2[Sn]([CH3])([CH3])[CH3])cc1. The van der Waals surface area contributed by atoms with Crippen molar-refractivity contribution in [2.24, 2.45) is 0 Å². The van der Waals surface area contributed by atoms with Gasteiger partial charge in [-0.2, -0.15) is 0 Å². The van der Waals surface area contributed by atoms with Gasteiger partial charge in [-0.15, -0.1) is 0 Å². The second kappa shape index (κ2) is 6.88. The number of methoxy groups -OCH3 is 1. The summed E-state index contributed by atoms with van der Waals surface area (Å²) in [6.45, 7) is 0.516. The quantitative estimate of drug-likeness (QED) is 0.552. The predicted molar refractivity (Wildman–Crippen MR) is 89.6 cm³/mol.